The molecule has 0 heterocycles. The van der Waals surface area contributed by atoms with E-state index in [1.54, 1.807) is 0 Å². The van der Waals surface area contributed by atoms with Crippen molar-refractivity contribution in [2.24, 2.45) is 0 Å². The molecule has 0 unspecified atom stereocenters. The highest BCUT2D eigenvalue weighted by molar-refractivity contribution is 4.81. The first kappa shape index (κ1) is 14.7. The smallest absolute Gasteiger partial charge is 0.0351 e. The fourth-order valence-corrected chi connectivity index (χ4v) is 1.72. The van der Waals surface area contributed by atoms with E-state index in [1.807, 2.05) is 0 Å². The van der Waals surface area contributed by atoms with Crippen LogP contribution in [0.1, 0.15) is 77.6 Å². The Morgan fingerprint density at radius 3 is 1.87 bits per heavy atom. The Bertz CT molecular complexity index is 124. The van der Waals surface area contributed by atoms with Crippen LogP contribution < -0.4 is 0 Å². The summed E-state index contributed by atoms with van der Waals surface area (Å²) in [6.07, 6.45) is 19.4. The summed E-state index contributed by atoms with van der Waals surface area (Å²) >= 11 is 0. The zero-order valence-corrected chi connectivity index (χ0v) is 10.6. The minimum absolute atomic E-state index is 1.09. The van der Waals surface area contributed by atoms with Gasteiger partial charge in [-0.25, -0.2) is 0 Å². The van der Waals surface area contributed by atoms with Crippen molar-refractivity contribution in [1.29, 1.82) is 0 Å². The summed E-state index contributed by atoms with van der Waals surface area (Å²) < 4.78 is 0. The van der Waals surface area contributed by atoms with Gasteiger partial charge in [-0.05, 0) is 19.3 Å². The van der Waals surface area contributed by atoms with Crippen molar-refractivity contribution < 1.29 is 0 Å². The van der Waals surface area contributed by atoms with Crippen molar-refractivity contribution in [2.45, 2.75) is 77.6 Å². The normalized spacial score (nSPS) is 11.3. The van der Waals surface area contributed by atoms with Gasteiger partial charge >= 0.3 is 0 Å². The van der Waals surface area contributed by atoms with E-state index in [-0.39, 0.29) is 0 Å². The van der Waals surface area contributed by atoms with Gasteiger partial charge in [0.1, 0.15) is 0 Å². The molecule has 0 bridgehead atoms. The molecule has 0 spiro atoms. The summed E-state index contributed by atoms with van der Waals surface area (Å²) in [4.78, 5) is 0. The molecule has 0 saturated heterocycles. The van der Waals surface area contributed by atoms with Gasteiger partial charge in [-0.1, -0.05) is 64.0 Å². The van der Waals surface area contributed by atoms with Crippen LogP contribution in [-0.4, -0.2) is 0 Å². The largest absolute Gasteiger partial charge is 0.343 e. The second-order valence-electron chi connectivity index (χ2n) is 4.38. The standard InChI is InChI=1S/C15H29/c1-3-5-7-9-11-13-15-14-12-10-8-6-4-2/h11,13H,1,3-10,12,14-15H2,2H3/q-1/b13-11+. The fraction of sp³-hybridized carbons (Fsp3) is 0.800. The van der Waals surface area contributed by atoms with Crippen molar-refractivity contribution in [3.05, 3.63) is 19.1 Å². The first-order valence-electron chi connectivity index (χ1n) is 6.86. The maximum absolute atomic E-state index is 3.84. The number of allylic oxidation sites excluding steroid dienone is 2. The predicted molar refractivity (Wildman–Crippen MR) is 71.0 cm³/mol. The second kappa shape index (κ2) is 13.7. The third kappa shape index (κ3) is 13.7. The zero-order chi connectivity index (χ0) is 11.2. The first-order chi connectivity index (χ1) is 7.41. The van der Waals surface area contributed by atoms with E-state index in [0.717, 1.165) is 6.42 Å². The van der Waals surface area contributed by atoms with Crippen LogP contribution >= 0.6 is 0 Å². The lowest BCUT2D eigenvalue weighted by Gasteiger charge is -1.98. The Hall–Kier alpha value is -0.260. The molecular formula is C15H29-. The topological polar surface area (TPSA) is 0 Å². The SMILES string of the molecule is [CH2-]CCCC/C=C/CCCCCCCC. The maximum atomic E-state index is 3.84. The second-order valence-corrected chi connectivity index (χ2v) is 4.38. The molecule has 0 nitrogen and oxygen atoms in total. The van der Waals surface area contributed by atoms with Crippen LogP contribution in [0.2, 0.25) is 0 Å². The van der Waals surface area contributed by atoms with Crippen molar-refractivity contribution in [2.75, 3.05) is 0 Å². The van der Waals surface area contributed by atoms with Crippen LogP contribution in [-0.2, 0) is 0 Å². The summed E-state index contributed by atoms with van der Waals surface area (Å²) in [5.74, 6) is 0. The number of hydrogen-bond acceptors (Lipinski definition) is 0. The molecule has 0 aromatic rings. The Balaban J connectivity index is 2.96. The molecule has 0 N–H and O–H groups in total. The van der Waals surface area contributed by atoms with E-state index in [0.29, 0.717) is 0 Å². The lowest BCUT2D eigenvalue weighted by molar-refractivity contribution is 0.611. The summed E-state index contributed by atoms with van der Waals surface area (Å²) in [6, 6.07) is 0. The summed E-state index contributed by atoms with van der Waals surface area (Å²) in [5.41, 5.74) is 0. The van der Waals surface area contributed by atoms with E-state index in [2.05, 4.69) is 26.0 Å². The minimum atomic E-state index is 1.09. The van der Waals surface area contributed by atoms with Gasteiger partial charge in [0, 0.05) is 0 Å². The van der Waals surface area contributed by atoms with E-state index in [9.17, 15) is 0 Å². The van der Waals surface area contributed by atoms with Crippen LogP contribution in [0.3, 0.4) is 0 Å². The third-order valence-corrected chi connectivity index (χ3v) is 2.76. The molecule has 0 saturated carbocycles. The minimum Gasteiger partial charge on any atom is -0.343 e. The van der Waals surface area contributed by atoms with E-state index in [1.165, 1.54) is 64.2 Å². The zero-order valence-electron chi connectivity index (χ0n) is 10.6. The Kier molecular flexibility index (Phi) is 13.5. The van der Waals surface area contributed by atoms with Crippen LogP contribution in [0, 0.1) is 6.92 Å². The molecule has 0 aliphatic rings. The quantitative estimate of drug-likeness (QED) is 0.233. The molecule has 0 aromatic heterocycles. The van der Waals surface area contributed by atoms with Crippen LogP contribution in [0.25, 0.3) is 0 Å². The van der Waals surface area contributed by atoms with Gasteiger partial charge in [-0.3, -0.25) is 0 Å². The van der Waals surface area contributed by atoms with Gasteiger partial charge < -0.3 is 6.92 Å². The fourth-order valence-electron chi connectivity index (χ4n) is 1.72. The Morgan fingerprint density at radius 2 is 1.27 bits per heavy atom. The number of unbranched alkanes of at least 4 members (excludes halogenated alkanes) is 9. The van der Waals surface area contributed by atoms with Crippen LogP contribution in [0.15, 0.2) is 12.2 Å². The molecule has 0 aromatic carbocycles. The highest BCUT2D eigenvalue weighted by Crippen LogP contribution is 2.07. The molecule has 0 atom stereocenters. The van der Waals surface area contributed by atoms with Gasteiger partial charge in [-0.15, -0.1) is 0 Å². The number of rotatable bonds is 11. The molecule has 0 fully saturated rings. The van der Waals surface area contributed by atoms with Gasteiger partial charge in [0.25, 0.3) is 0 Å². The van der Waals surface area contributed by atoms with Gasteiger partial charge in [0.15, 0.2) is 0 Å². The van der Waals surface area contributed by atoms with E-state index in [4.69, 9.17) is 0 Å². The van der Waals surface area contributed by atoms with Crippen LogP contribution in [0.5, 0.6) is 0 Å². The summed E-state index contributed by atoms with van der Waals surface area (Å²) in [5, 5.41) is 0. The Morgan fingerprint density at radius 1 is 0.733 bits per heavy atom. The lowest BCUT2D eigenvalue weighted by atomic mass is 10.1. The lowest BCUT2D eigenvalue weighted by Crippen LogP contribution is -1.77. The molecule has 90 valence electrons. The molecule has 0 heteroatoms. The summed E-state index contributed by atoms with van der Waals surface area (Å²) in [7, 11) is 0. The highest BCUT2D eigenvalue weighted by Gasteiger charge is 1.87. The van der Waals surface area contributed by atoms with E-state index >= 15 is 0 Å². The average molecular weight is 209 g/mol. The molecular weight excluding hydrogens is 180 g/mol. The highest BCUT2D eigenvalue weighted by atomic mass is 13.9. The maximum Gasteiger partial charge on any atom is -0.0351 e. The van der Waals surface area contributed by atoms with Gasteiger partial charge in [-0.2, -0.15) is 6.42 Å². The predicted octanol–water partition coefficient (Wildman–Crippen LogP) is 5.69. The molecule has 0 rings (SSSR count). The third-order valence-electron chi connectivity index (χ3n) is 2.76. The first-order valence-corrected chi connectivity index (χ1v) is 6.86. The average Bonchev–Trinajstić information content (AvgIpc) is 2.26. The summed E-state index contributed by atoms with van der Waals surface area (Å²) in [6.45, 7) is 6.12. The Labute approximate surface area is 97.2 Å². The molecule has 0 aliphatic carbocycles. The van der Waals surface area contributed by atoms with Gasteiger partial charge in [0.2, 0.25) is 0 Å². The van der Waals surface area contributed by atoms with Crippen molar-refractivity contribution in [3.8, 4) is 0 Å². The molecule has 15 heavy (non-hydrogen) atoms. The number of hydrogen-bond donors (Lipinski definition) is 0. The molecule has 0 amide bonds. The monoisotopic (exact) mass is 209 g/mol. The van der Waals surface area contributed by atoms with Crippen LogP contribution in [0.4, 0.5) is 0 Å². The van der Waals surface area contributed by atoms with Crippen molar-refractivity contribution in [1.82, 2.24) is 0 Å². The molecule has 0 aliphatic heterocycles. The van der Waals surface area contributed by atoms with Crippen molar-refractivity contribution >= 4 is 0 Å². The molecule has 0 radical (unpaired) electrons. The van der Waals surface area contributed by atoms with Gasteiger partial charge in [0.05, 0.1) is 0 Å². The van der Waals surface area contributed by atoms with E-state index < -0.39 is 0 Å². The van der Waals surface area contributed by atoms with Crippen molar-refractivity contribution in [3.63, 3.8) is 0 Å².